The van der Waals surface area contributed by atoms with Gasteiger partial charge in [0.05, 0.1) is 12.7 Å². The zero-order chi connectivity index (χ0) is 14.3. The lowest BCUT2D eigenvalue weighted by Crippen LogP contribution is -2.33. The van der Waals surface area contributed by atoms with Crippen molar-refractivity contribution < 1.29 is 30.8 Å². The first-order valence-electron chi connectivity index (χ1n) is 5.49. The molecule has 0 amide bonds. The lowest BCUT2D eigenvalue weighted by molar-refractivity contribution is -0.257. The second-order valence-corrected chi connectivity index (χ2v) is 4.33. The molecular weight excluding hydrogens is 278 g/mol. The molecule has 0 radical (unpaired) electrons. The third kappa shape index (κ3) is 3.62. The summed E-state index contributed by atoms with van der Waals surface area (Å²) in [5.74, 6) is -5.05. The van der Waals surface area contributed by atoms with Crippen molar-refractivity contribution in [1.82, 2.24) is 10.3 Å². The molecule has 1 N–H and O–H groups in total. The molecule has 3 nitrogen and oxygen atoms in total. The fourth-order valence-electron chi connectivity index (χ4n) is 1.57. The van der Waals surface area contributed by atoms with E-state index >= 15 is 0 Å². The molecule has 1 aliphatic carbocycles. The standard InChI is InChI=1S/C10H10F6N2O/c11-9(12,13)8(10(14,15)16)6-3-18-7(19-6)4-17-5-1-2-5/h3,5,8,17H,1-2,4H2. The van der Waals surface area contributed by atoms with E-state index in [1.807, 2.05) is 0 Å². The smallest absolute Gasteiger partial charge is 0.407 e. The molecule has 1 aromatic rings. The average Bonchev–Trinajstić information content (AvgIpc) is 2.93. The maximum atomic E-state index is 12.4. The normalized spacial score (nSPS) is 17.2. The monoisotopic (exact) mass is 288 g/mol. The largest absolute Gasteiger partial charge is 0.443 e. The predicted octanol–water partition coefficient (Wildman–Crippen LogP) is 3.13. The summed E-state index contributed by atoms with van der Waals surface area (Å²) < 4.78 is 79.0. The summed E-state index contributed by atoms with van der Waals surface area (Å²) in [5, 5.41) is 2.88. The Kier molecular flexibility index (Phi) is 3.50. The van der Waals surface area contributed by atoms with Gasteiger partial charge in [0, 0.05) is 6.04 Å². The van der Waals surface area contributed by atoms with Crippen molar-refractivity contribution in [2.45, 2.75) is 43.7 Å². The first-order valence-corrected chi connectivity index (χ1v) is 5.49. The minimum atomic E-state index is -5.46. The number of halogens is 6. The summed E-state index contributed by atoms with van der Waals surface area (Å²) in [6, 6.07) is 0.247. The second kappa shape index (κ2) is 4.69. The zero-order valence-corrected chi connectivity index (χ0v) is 9.48. The lowest BCUT2D eigenvalue weighted by atomic mass is 10.1. The lowest BCUT2D eigenvalue weighted by Gasteiger charge is -2.20. The van der Waals surface area contributed by atoms with Crippen LogP contribution in [0.25, 0.3) is 0 Å². The summed E-state index contributed by atoms with van der Waals surface area (Å²) in [5.41, 5.74) is 0. The summed E-state index contributed by atoms with van der Waals surface area (Å²) in [6.07, 6.45) is -8.57. The highest BCUT2D eigenvalue weighted by atomic mass is 19.4. The van der Waals surface area contributed by atoms with Gasteiger partial charge in [-0.1, -0.05) is 0 Å². The van der Waals surface area contributed by atoms with Gasteiger partial charge in [0.2, 0.25) is 11.8 Å². The Morgan fingerprint density at radius 3 is 2.26 bits per heavy atom. The highest BCUT2D eigenvalue weighted by Gasteiger charge is 2.59. The van der Waals surface area contributed by atoms with E-state index in [0.29, 0.717) is 6.20 Å². The van der Waals surface area contributed by atoms with Crippen LogP contribution in [0.2, 0.25) is 0 Å². The highest BCUT2D eigenvalue weighted by molar-refractivity contribution is 5.08. The van der Waals surface area contributed by atoms with Gasteiger partial charge >= 0.3 is 12.4 Å². The molecule has 0 atom stereocenters. The van der Waals surface area contributed by atoms with Crippen LogP contribution in [0.5, 0.6) is 0 Å². The van der Waals surface area contributed by atoms with Crippen molar-refractivity contribution in [3.05, 3.63) is 17.8 Å². The Bertz CT molecular complexity index is 420. The predicted molar refractivity (Wildman–Crippen MR) is 51.2 cm³/mol. The SMILES string of the molecule is FC(F)(F)C(c1cnc(CNC2CC2)o1)C(F)(F)F. The summed E-state index contributed by atoms with van der Waals surface area (Å²) >= 11 is 0. The van der Waals surface area contributed by atoms with Crippen LogP contribution in [0.4, 0.5) is 26.3 Å². The first kappa shape index (κ1) is 14.2. The molecule has 1 heterocycles. The van der Waals surface area contributed by atoms with Crippen molar-refractivity contribution in [1.29, 1.82) is 0 Å². The minimum Gasteiger partial charge on any atom is -0.443 e. The minimum absolute atomic E-state index is 0.0209. The molecule has 1 aliphatic rings. The van der Waals surface area contributed by atoms with Crippen LogP contribution in [0.1, 0.15) is 30.4 Å². The van der Waals surface area contributed by atoms with Gasteiger partial charge < -0.3 is 9.73 Å². The van der Waals surface area contributed by atoms with Crippen molar-refractivity contribution in [2.24, 2.45) is 0 Å². The van der Waals surface area contributed by atoms with E-state index in [1.165, 1.54) is 0 Å². The number of alkyl halides is 6. The van der Waals surface area contributed by atoms with Gasteiger partial charge in [-0.05, 0) is 12.8 Å². The first-order chi connectivity index (χ1) is 8.68. The Labute approximate surface area is 104 Å². The van der Waals surface area contributed by atoms with Crippen LogP contribution in [0, 0.1) is 0 Å². The van der Waals surface area contributed by atoms with Crippen molar-refractivity contribution in [2.75, 3.05) is 0 Å². The van der Waals surface area contributed by atoms with Gasteiger partial charge in [-0.2, -0.15) is 26.3 Å². The molecule has 0 unspecified atom stereocenters. The van der Waals surface area contributed by atoms with Crippen molar-refractivity contribution in [3.8, 4) is 0 Å². The molecule has 9 heteroatoms. The number of aromatic nitrogens is 1. The summed E-state index contributed by atoms with van der Waals surface area (Å²) in [4.78, 5) is 3.43. The molecule has 108 valence electrons. The fourth-order valence-corrected chi connectivity index (χ4v) is 1.57. The molecule has 0 spiro atoms. The number of oxazole rings is 1. The molecule has 19 heavy (non-hydrogen) atoms. The van der Waals surface area contributed by atoms with Gasteiger partial charge in [0.15, 0.2) is 0 Å². The van der Waals surface area contributed by atoms with E-state index in [9.17, 15) is 26.3 Å². The van der Waals surface area contributed by atoms with Crippen LogP contribution in [-0.2, 0) is 6.54 Å². The number of hydrogen-bond acceptors (Lipinski definition) is 3. The molecule has 1 aromatic heterocycles. The van der Waals surface area contributed by atoms with Gasteiger partial charge in [-0.25, -0.2) is 4.98 Å². The Morgan fingerprint density at radius 2 is 1.79 bits per heavy atom. The Balaban J connectivity index is 2.12. The van der Waals surface area contributed by atoms with Gasteiger partial charge in [-0.3, -0.25) is 0 Å². The van der Waals surface area contributed by atoms with Crippen LogP contribution in [0.15, 0.2) is 10.6 Å². The van der Waals surface area contributed by atoms with E-state index in [2.05, 4.69) is 14.7 Å². The molecular formula is C10H10F6N2O. The van der Waals surface area contributed by atoms with Crippen LogP contribution < -0.4 is 5.32 Å². The third-order valence-corrected chi connectivity index (χ3v) is 2.63. The van der Waals surface area contributed by atoms with E-state index < -0.39 is 24.0 Å². The maximum absolute atomic E-state index is 12.4. The van der Waals surface area contributed by atoms with Gasteiger partial charge in [0.25, 0.3) is 0 Å². The van der Waals surface area contributed by atoms with Crippen molar-refractivity contribution in [3.63, 3.8) is 0 Å². The van der Waals surface area contributed by atoms with Crippen LogP contribution in [0.3, 0.4) is 0 Å². The number of nitrogens with one attached hydrogen (secondary N) is 1. The zero-order valence-electron chi connectivity index (χ0n) is 9.48. The molecule has 0 saturated heterocycles. The molecule has 0 bridgehead atoms. The van der Waals surface area contributed by atoms with E-state index in [-0.39, 0.29) is 18.5 Å². The van der Waals surface area contributed by atoms with E-state index in [1.54, 1.807) is 0 Å². The molecule has 0 aliphatic heterocycles. The molecule has 1 saturated carbocycles. The number of nitrogens with zero attached hydrogens (tertiary/aromatic N) is 1. The molecule has 2 rings (SSSR count). The quantitative estimate of drug-likeness (QED) is 0.865. The van der Waals surface area contributed by atoms with E-state index in [0.717, 1.165) is 12.8 Å². The Hall–Kier alpha value is -1.25. The van der Waals surface area contributed by atoms with Gasteiger partial charge in [-0.15, -0.1) is 0 Å². The van der Waals surface area contributed by atoms with Crippen LogP contribution in [-0.4, -0.2) is 23.4 Å². The van der Waals surface area contributed by atoms with Crippen molar-refractivity contribution >= 4 is 0 Å². The number of rotatable bonds is 4. The summed E-state index contributed by atoms with van der Waals surface area (Å²) in [7, 11) is 0. The van der Waals surface area contributed by atoms with Gasteiger partial charge in [0.1, 0.15) is 5.76 Å². The second-order valence-electron chi connectivity index (χ2n) is 4.33. The molecule has 1 fully saturated rings. The average molecular weight is 288 g/mol. The fraction of sp³-hybridized carbons (Fsp3) is 0.700. The summed E-state index contributed by atoms with van der Waals surface area (Å²) in [6.45, 7) is 0.0209. The highest BCUT2D eigenvalue weighted by Crippen LogP contribution is 2.46. The molecule has 0 aromatic carbocycles. The Morgan fingerprint density at radius 1 is 1.21 bits per heavy atom. The van der Waals surface area contributed by atoms with E-state index in [4.69, 9.17) is 0 Å². The van der Waals surface area contributed by atoms with Crippen LogP contribution >= 0.6 is 0 Å². The number of hydrogen-bond donors (Lipinski definition) is 1. The third-order valence-electron chi connectivity index (χ3n) is 2.63. The topological polar surface area (TPSA) is 38.1 Å². The maximum Gasteiger partial charge on any atom is 0.407 e.